The number of nitrogen functional groups attached to an aromatic ring is 1. The first-order valence-electron chi connectivity index (χ1n) is 5.91. The van der Waals surface area contributed by atoms with Crippen molar-refractivity contribution in [3.05, 3.63) is 30.5 Å². The van der Waals surface area contributed by atoms with Crippen LogP contribution in [0, 0.1) is 0 Å². The topological polar surface area (TPSA) is 88.3 Å². The highest BCUT2D eigenvalue weighted by Crippen LogP contribution is 2.25. The summed E-state index contributed by atoms with van der Waals surface area (Å²) in [5.74, 6) is 0.220. The molecule has 6 heteroatoms. The Labute approximate surface area is 109 Å². The summed E-state index contributed by atoms with van der Waals surface area (Å²) in [7, 11) is 0. The average molecular weight is 256 g/mol. The standard InChI is InChI=1S/C13H12N4O2/c14-12-10-2-1-9(7-8(10)3-5-15-12)17-6-4-11(18)16-13(17)19/h1-3,5,7H,4,6H2,(H2,14,15)(H,16,18,19). The molecule has 0 spiro atoms. The number of nitrogens with two attached hydrogens (primary N) is 1. The third-order valence-electron chi connectivity index (χ3n) is 3.14. The number of nitrogens with one attached hydrogen (secondary N) is 1. The van der Waals surface area contributed by atoms with Crippen LogP contribution in [0.1, 0.15) is 6.42 Å². The second-order valence-electron chi connectivity index (χ2n) is 4.36. The molecular weight excluding hydrogens is 244 g/mol. The Balaban J connectivity index is 2.02. The molecule has 19 heavy (non-hydrogen) atoms. The molecule has 1 aromatic heterocycles. The number of rotatable bonds is 1. The molecular formula is C13H12N4O2. The third-order valence-corrected chi connectivity index (χ3v) is 3.14. The van der Waals surface area contributed by atoms with Gasteiger partial charge in [-0.15, -0.1) is 0 Å². The van der Waals surface area contributed by atoms with E-state index >= 15 is 0 Å². The molecule has 0 unspecified atom stereocenters. The number of amides is 3. The van der Waals surface area contributed by atoms with Crippen molar-refractivity contribution in [1.29, 1.82) is 0 Å². The largest absolute Gasteiger partial charge is 0.383 e. The van der Waals surface area contributed by atoms with Gasteiger partial charge in [0, 0.05) is 30.2 Å². The lowest BCUT2D eigenvalue weighted by molar-refractivity contribution is -0.120. The highest BCUT2D eigenvalue weighted by atomic mass is 16.2. The van der Waals surface area contributed by atoms with Gasteiger partial charge >= 0.3 is 6.03 Å². The molecule has 3 N–H and O–H groups in total. The van der Waals surface area contributed by atoms with Gasteiger partial charge in [0.05, 0.1) is 0 Å². The summed E-state index contributed by atoms with van der Waals surface area (Å²) in [5.41, 5.74) is 6.52. The minimum atomic E-state index is -0.391. The van der Waals surface area contributed by atoms with Crippen molar-refractivity contribution in [3.63, 3.8) is 0 Å². The van der Waals surface area contributed by atoms with Crippen molar-refractivity contribution in [2.75, 3.05) is 17.2 Å². The third kappa shape index (κ3) is 1.97. The highest BCUT2D eigenvalue weighted by Gasteiger charge is 2.24. The molecule has 1 aliphatic heterocycles. The zero-order chi connectivity index (χ0) is 13.4. The van der Waals surface area contributed by atoms with Gasteiger partial charge in [0.15, 0.2) is 0 Å². The first-order chi connectivity index (χ1) is 9.15. The van der Waals surface area contributed by atoms with Crippen LogP contribution in [-0.2, 0) is 4.79 Å². The van der Waals surface area contributed by atoms with E-state index < -0.39 is 6.03 Å². The Morgan fingerprint density at radius 1 is 1.26 bits per heavy atom. The fraction of sp³-hybridized carbons (Fsp3) is 0.154. The maximum Gasteiger partial charge on any atom is 0.328 e. The number of fused-ring (bicyclic) bond motifs is 1. The zero-order valence-corrected chi connectivity index (χ0v) is 10.1. The van der Waals surface area contributed by atoms with Gasteiger partial charge in [0.2, 0.25) is 5.91 Å². The number of imide groups is 1. The van der Waals surface area contributed by atoms with Crippen LogP contribution in [-0.4, -0.2) is 23.5 Å². The fourth-order valence-electron chi connectivity index (χ4n) is 2.17. The van der Waals surface area contributed by atoms with Crippen LogP contribution >= 0.6 is 0 Å². The van der Waals surface area contributed by atoms with Gasteiger partial charge < -0.3 is 5.73 Å². The van der Waals surface area contributed by atoms with E-state index in [0.717, 1.165) is 16.5 Å². The molecule has 3 amide bonds. The van der Waals surface area contributed by atoms with Gasteiger partial charge in [-0.25, -0.2) is 9.78 Å². The summed E-state index contributed by atoms with van der Waals surface area (Å²) in [4.78, 5) is 28.4. The molecule has 0 saturated carbocycles. The van der Waals surface area contributed by atoms with Crippen LogP contribution in [0.3, 0.4) is 0 Å². The van der Waals surface area contributed by atoms with Gasteiger partial charge in [0.25, 0.3) is 0 Å². The first-order valence-corrected chi connectivity index (χ1v) is 5.91. The number of benzene rings is 1. The number of hydrogen-bond acceptors (Lipinski definition) is 4. The Kier molecular flexibility index (Phi) is 2.56. The first kappa shape index (κ1) is 11.5. The number of nitrogens with zero attached hydrogens (tertiary/aromatic N) is 2. The van der Waals surface area contributed by atoms with Gasteiger partial charge in [-0.1, -0.05) is 0 Å². The molecule has 2 aromatic rings. The summed E-state index contributed by atoms with van der Waals surface area (Å²) < 4.78 is 0. The molecule has 96 valence electrons. The lowest BCUT2D eigenvalue weighted by Gasteiger charge is -2.26. The monoisotopic (exact) mass is 256 g/mol. The number of carbonyl (C=O) groups excluding carboxylic acids is 2. The molecule has 6 nitrogen and oxygen atoms in total. The summed E-state index contributed by atoms with van der Waals surface area (Å²) >= 11 is 0. The molecule has 0 atom stereocenters. The SMILES string of the molecule is Nc1nccc2cc(N3CCC(=O)NC3=O)ccc12. The van der Waals surface area contributed by atoms with Crippen molar-refractivity contribution >= 4 is 34.2 Å². The van der Waals surface area contributed by atoms with E-state index in [1.165, 1.54) is 4.90 Å². The average Bonchev–Trinajstić information content (AvgIpc) is 2.38. The number of anilines is 2. The Bertz CT molecular complexity index is 683. The lowest BCUT2D eigenvalue weighted by Crippen LogP contribution is -2.49. The quantitative estimate of drug-likeness (QED) is 0.804. The maximum absolute atomic E-state index is 11.8. The predicted molar refractivity (Wildman–Crippen MR) is 71.7 cm³/mol. The summed E-state index contributed by atoms with van der Waals surface area (Å²) in [6.07, 6.45) is 1.93. The Morgan fingerprint density at radius 3 is 2.89 bits per heavy atom. The minimum absolute atomic E-state index is 0.240. The van der Waals surface area contributed by atoms with E-state index in [9.17, 15) is 9.59 Å². The number of aromatic nitrogens is 1. The Hall–Kier alpha value is -2.63. The second kappa shape index (κ2) is 4.24. The van der Waals surface area contributed by atoms with Crippen LogP contribution in [0.25, 0.3) is 10.8 Å². The van der Waals surface area contributed by atoms with Crippen molar-refractivity contribution < 1.29 is 9.59 Å². The molecule has 3 rings (SSSR count). The fourth-order valence-corrected chi connectivity index (χ4v) is 2.17. The van der Waals surface area contributed by atoms with Gasteiger partial charge in [-0.05, 0) is 29.7 Å². The van der Waals surface area contributed by atoms with Crippen molar-refractivity contribution in [1.82, 2.24) is 10.3 Å². The predicted octanol–water partition coefficient (Wildman–Crippen LogP) is 1.26. The van der Waals surface area contributed by atoms with E-state index in [4.69, 9.17) is 5.73 Å². The highest BCUT2D eigenvalue weighted by molar-refractivity contribution is 6.06. The molecule has 0 aliphatic carbocycles. The lowest BCUT2D eigenvalue weighted by atomic mass is 10.1. The van der Waals surface area contributed by atoms with Crippen LogP contribution in [0.2, 0.25) is 0 Å². The van der Waals surface area contributed by atoms with E-state index in [1.807, 2.05) is 18.2 Å². The normalized spacial score (nSPS) is 15.7. The smallest absolute Gasteiger partial charge is 0.328 e. The summed E-state index contributed by atoms with van der Waals surface area (Å²) in [5, 5.41) is 4.06. The molecule has 1 aromatic carbocycles. The van der Waals surface area contributed by atoms with Crippen LogP contribution in [0.4, 0.5) is 16.3 Å². The van der Waals surface area contributed by atoms with Crippen molar-refractivity contribution in [3.8, 4) is 0 Å². The van der Waals surface area contributed by atoms with Gasteiger partial charge in [-0.2, -0.15) is 0 Å². The number of pyridine rings is 1. The maximum atomic E-state index is 11.8. The molecule has 1 aliphatic rings. The number of hydrogen-bond donors (Lipinski definition) is 2. The van der Waals surface area contributed by atoms with Crippen LogP contribution in [0.5, 0.6) is 0 Å². The minimum Gasteiger partial charge on any atom is -0.383 e. The van der Waals surface area contributed by atoms with Crippen molar-refractivity contribution in [2.24, 2.45) is 0 Å². The number of carbonyl (C=O) groups is 2. The van der Waals surface area contributed by atoms with E-state index in [2.05, 4.69) is 10.3 Å². The van der Waals surface area contributed by atoms with Crippen LogP contribution in [0.15, 0.2) is 30.5 Å². The molecule has 1 saturated heterocycles. The summed E-state index contributed by atoms with van der Waals surface area (Å²) in [6, 6.07) is 6.94. The molecule has 0 bridgehead atoms. The van der Waals surface area contributed by atoms with E-state index in [0.29, 0.717) is 18.8 Å². The number of urea groups is 1. The molecule has 1 fully saturated rings. The summed E-state index contributed by atoms with van der Waals surface area (Å²) in [6.45, 7) is 0.386. The van der Waals surface area contributed by atoms with Gasteiger partial charge in [-0.3, -0.25) is 15.0 Å². The van der Waals surface area contributed by atoms with Crippen LogP contribution < -0.4 is 16.0 Å². The second-order valence-corrected chi connectivity index (χ2v) is 4.36. The van der Waals surface area contributed by atoms with E-state index in [1.54, 1.807) is 12.3 Å². The zero-order valence-electron chi connectivity index (χ0n) is 10.1. The molecule has 0 radical (unpaired) electrons. The van der Waals surface area contributed by atoms with Crippen molar-refractivity contribution in [2.45, 2.75) is 6.42 Å². The molecule has 2 heterocycles. The van der Waals surface area contributed by atoms with E-state index in [-0.39, 0.29) is 5.91 Å². The van der Waals surface area contributed by atoms with Gasteiger partial charge in [0.1, 0.15) is 5.82 Å². The Morgan fingerprint density at radius 2 is 2.11 bits per heavy atom.